The van der Waals surface area contributed by atoms with E-state index in [0.717, 1.165) is 0 Å². The summed E-state index contributed by atoms with van der Waals surface area (Å²) in [5.74, 6) is 0.00223. The van der Waals surface area contributed by atoms with E-state index in [1.165, 1.54) is 17.5 Å². The minimum atomic E-state index is -3.74. The molecule has 0 bridgehead atoms. The van der Waals surface area contributed by atoms with E-state index >= 15 is 0 Å². The number of Topliss-reactive ketones (excluding diaryl/α,β-unsaturated/α-hetero) is 1. The zero-order valence-electron chi connectivity index (χ0n) is 14.4. The average Bonchev–Trinajstić information content (AvgIpc) is 2.67. The van der Waals surface area contributed by atoms with Gasteiger partial charge < -0.3 is 4.74 Å². The van der Waals surface area contributed by atoms with Crippen LogP contribution in [0, 0.1) is 5.92 Å². The standard InChI is InChI=1S/C19H20ClNO4S/c1-25-17-10-4-2-8-15(17)19(22)14-7-6-12-21(13-14)26(23,24)18-11-5-3-9-16(18)20/h2-5,8-11,14H,6-7,12-13H2,1H3. The Kier molecular flexibility index (Phi) is 5.65. The molecular formula is C19H20ClNO4S. The molecule has 0 aromatic heterocycles. The molecule has 0 amide bonds. The smallest absolute Gasteiger partial charge is 0.244 e. The van der Waals surface area contributed by atoms with Gasteiger partial charge in [-0.2, -0.15) is 4.31 Å². The molecule has 0 N–H and O–H groups in total. The van der Waals surface area contributed by atoms with Crippen molar-refractivity contribution in [2.75, 3.05) is 20.2 Å². The first kappa shape index (κ1) is 18.9. The van der Waals surface area contributed by atoms with Crippen LogP contribution in [0.1, 0.15) is 23.2 Å². The van der Waals surface area contributed by atoms with E-state index in [1.54, 1.807) is 42.5 Å². The van der Waals surface area contributed by atoms with Crippen molar-refractivity contribution in [1.82, 2.24) is 4.31 Å². The fraction of sp³-hybridized carbons (Fsp3) is 0.316. The van der Waals surface area contributed by atoms with E-state index < -0.39 is 15.9 Å². The number of ether oxygens (including phenoxy) is 1. The number of rotatable bonds is 5. The normalized spacial score (nSPS) is 18.5. The second kappa shape index (κ2) is 7.78. The van der Waals surface area contributed by atoms with E-state index in [2.05, 4.69) is 0 Å². The number of hydrogen-bond acceptors (Lipinski definition) is 4. The highest BCUT2D eigenvalue weighted by molar-refractivity contribution is 7.89. The van der Waals surface area contributed by atoms with E-state index in [4.69, 9.17) is 16.3 Å². The van der Waals surface area contributed by atoms with Crippen molar-refractivity contribution in [2.45, 2.75) is 17.7 Å². The second-order valence-electron chi connectivity index (χ2n) is 6.20. The Morgan fingerprint density at radius 3 is 2.58 bits per heavy atom. The van der Waals surface area contributed by atoms with Crippen LogP contribution in [-0.4, -0.2) is 38.7 Å². The van der Waals surface area contributed by atoms with Crippen molar-refractivity contribution in [2.24, 2.45) is 5.92 Å². The molecule has 1 fully saturated rings. The third-order valence-corrected chi connectivity index (χ3v) is 6.95. The van der Waals surface area contributed by atoms with Crippen LogP contribution in [0.5, 0.6) is 5.75 Å². The molecule has 1 heterocycles. The first-order valence-corrected chi connectivity index (χ1v) is 10.2. The molecule has 5 nitrogen and oxygen atoms in total. The highest BCUT2D eigenvalue weighted by atomic mass is 35.5. The Labute approximate surface area is 158 Å². The maximum absolute atomic E-state index is 12.9. The monoisotopic (exact) mass is 393 g/mol. The van der Waals surface area contributed by atoms with E-state index in [-0.39, 0.29) is 22.2 Å². The average molecular weight is 394 g/mol. The van der Waals surface area contributed by atoms with Gasteiger partial charge in [-0.05, 0) is 37.1 Å². The second-order valence-corrected chi connectivity index (χ2v) is 8.51. The molecule has 1 saturated heterocycles. The molecule has 3 rings (SSSR count). The molecule has 2 aromatic rings. The number of carbonyl (C=O) groups is 1. The summed E-state index contributed by atoms with van der Waals surface area (Å²) in [6.45, 7) is 0.522. The number of para-hydroxylation sites is 1. The van der Waals surface area contributed by atoms with Crippen LogP contribution in [0.3, 0.4) is 0 Å². The Hall–Kier alpha value is -1.89. The van der Waals surface area contributed by atoms with Gasteiger partial charge in [0.25, 0.3) is 0 Å². The van der Waals surface area contributed by atoms with Gasteiger partial charge in [0, 0.05) is 19.0 Å². The maximum atomic E-state index is 12.9. The van der Waals surface area contributed by atoms with Crippen molar-refractivity contribution in [3.63, 3.8) is 0 Å². The number of methoxy groups -OCH3 is 1. The molecule has 138 valence electrons. The fourth-order valence-electron chi connectivity index (χ4n) is 3.24. The minimum absolute atomic E-state index is 0.0760. The topological polar surface area (TPSA) is 63.7 Å². The molecule has 1 aliphatic heterocycles. The fourth-order valence-corrected chi connectivity index (χ4v) is 5.25. The van der Waals surface area contributed by atoms with Crippen molar-refractivity contribution in [3.8, 4) is 5.75 Å². The van der Waals surface area contributed by atoms with Crippen LogP contribution in [0.25, 0.3) is 0 Å². The summed E-state index contributed by atoms with van der Waals surface area (Å²) in [4.78, 5) is 13.0. The molecule has 1 unspecified atom stereocenters. The van der Waals surface area contributed by atoms with Gasteiger partial charge in [0.2, 0.25) is 10.0 Å². The zero-order chi connectivity index (χ0) is 18.7. The van der Waals surface area contributed by atoms with E-state index in [9.17, 15) is 13.2 Å². The molecule has 2 aromatic carbocycles. The van der Waals surface area contributed by atoms with E-state index in [1.807, 2.05) is 0 Å². The quantitative estimate of drug-likeness (QED) is 0.727. The van der Waals surface area contributed by atoms with Gasteiger partial charge in [-0.25, -0.2) is 8.42 Å². The summed E-state index contributed by atoms with van der Waals surface area (Å²) in [5, 5.41) is 0.186. The van der Waals surface area contributed by atoms with Gasteiger partial charge in [0.15, 0.2) is 5.78 Å². The predicted octanol–water partition coefficient (Wildman–Crippen LogP) is 3.63. The number of ketones is 1. The first-order valence-electron chi connectivity index (χ1n) is 8.37. The predicted molar refractivity (Wildman–Crippen MR) is 100 cm³/mol. The molecule has 0 spiro atoms. The maximum Gasteiger partial charge on any atom is 0.244 e. The number of hydrogen-bond donors (Lipinski definition) is 0. The molecule has 7 heteroatoms. The molecule has 0 radical (unpaired) electrons. The molecule has 0 saturated carbocycles. The SMILES string of the molecule is COc1ccccc1C(=O)C1CCCN(S(=O)(=O)c2ccccc2Cl)C1. The highest BCUT2D eigenvalue weighted by Crippen LogP contribution is 2.30. The summed E-state index contributed by atoms with van der Waals surface area (Å²) in [5.41, 5.74) is 0.483. The van der Waals surface area contributed by atoms with Crippen LogP contribution >= 0.6 is 11.6 Å². The summed E-state index contributed by atoms with van der Waals surface area (Å²) in [6, 6.07) is 13.4. The molecule has 26 heavy (non-hydrogen) atoms. The number of halogens is 1. The number of piperidine rings is 1. The van der Waals surface area contributed by atoms with Gasteiger partial charge in [-0.3, -0.25) is 4.79 Å². The van der Waals surface area contributed by atoms with Crippen LogP contribution in [0.15, 0.2) is 53.4 Å². The van der Waals surface area contributed by atoms with Gasteiger partial charge >= 0.3 is 0 Å². The molecular weight excluding hydrogens is 374 g/mol. The van der Waals surface area contributed by atoms with Crippen molar-refractivity contribution in [3.05, 3.63) is 59.1 Å². The van der Waals surface area contributed by atoms with Gasteiger partial charge in [-0.1, -0.05) is 35.9 Å². The lowest BCUT2D eigenvalue weighted by atomic mass is 9.90. The van der Waals surface area contributed by atoms with Crippen molar-refractivity contribution in [1.29, 1.82) is 0 Å². The summed E-state index contributed by atoms with van der Waals surface area (Å²) < 4.78 is 32.5. The Morgan fingerprint density at radius 1 is 1.15 bits per heavy atom. The van der Waals surface area contributed by atoms with Crippen LogP contribution in [0.4, 0.5) is 0 Å². The molecule has 1 aliphatic rings. The summed E-state index contributed by atoms with van der Waals surface area (Å²) in [7, 11) is -2.22. The van der Waals surface area contributed by atoms with Crippen molar-refractivity contribution >= 4 is 27.4 Å². The highest BCUT2D eigenvalue weighted by Gasteiger charge is 2.35. The zero-order valence-corrected chi connectivity index (χ0v) is 16.0. The summed E-state index contributed by atoms with van der Waals surface area (Å²) in [6.07, 6.45) is 1.26. The van der Waals surface area contributed by atoms with Gasteiger partial charge in [0.1, 0.15) is 10.6 Å². The van der Waals surface area contributed by atoms with Crippen molar-refractivity contribution < 1.29 is 17.9 Å². The number of sulfonamides is 1. The molecule has 0 aliphatic carbocycles. The summed E-state index contributed by atoms with van der Waals surface area (Å²) >= 11 is 6.07. The Balaban J connectivity index is 1.86. The van der Waals surface area contributed by atoms with Crippen LogP contribution < -0.4 is 4.74 Å². The van der Waals surface area contributed by atoms with E-state index in [0.29, 0.717) is 30.7 Å². The lowest BCUT2D eigenvalue weighted by molar-refractivity contribution is 0.0869. The third kappa shape index (κ3) is 3.63. The van der Waals surface area contributed by atoms with Crippen LogP contribution in [0.2, 0.25) is 5.02 Å². The number of carbonyl (C=O) groups excluding carboxylic acids is 1. The minimum Gasteiger partial charge on any atom is -0.496 e. The number of nitrogens with zero attached hydrogens (tertiary/aromatic N) is 1. The third-order valence-electron chi connectivity index (χ3n) is 4.58. The first-order chi connectivity index (χ1) is 12.4. The lowest BCUT2D eigenvalue weighted by Crippen LogP contribution is -2.42. The Bertz CT molecular complexity index is 913. The lowest BCUT2D eigenvalue weighted by Gasteiger charge is -2.31. The largest absolute Gasteiger partial charge is 0.496 e. The molecule has 1 atom stereocenters. The van der Waals surface area contributed by atoms with Gasteiger partial charge in [-0.15, -0.1) is 0 Å². The van der Waals surface area contributed by atoms with Crippen LogP contribution in [-0.2, 0) is 10.0 Å². The number of benzene rings is 2. The Morgan fingerprint density at radius 2 is 1.85 bits per heavy atom. The van der Waals surface area contributed by atoms with Gasteiger partial charge in [0.05, 0.1) is 17.7 Å².